The normalized spacial score (nSPS) is 20.5. The summed E-state index contributed by atoms with van der Waals surface area (Å²) >= 11 is 0. The Morgan fingerprint density at radius 2 is 2.14 bits per heavy atom. The van der Waals surface area contributed by atoms with E-state index >= 15 is 0 Å². The third-order valence-electron chi connectivity index (χ3n) is 5.00. The summed E-state index contributed by atoms with van der Waals surface area (Å²) < 4.78 is 11.9. The number of methoxy groups -OCH3 is 1. The maximum absolute atomic E-state index is 12.0. The highest BCUT2D eigenvalue weighted by atomic mass is 16.5. The van der Waals surface area contributed by atoms with Gasteiger partial charge in [-0.2, -0.15) is 0 Å². The van der Waals surface area contributed by atoms with E-state index in [2.05, 4.69) is 20.8 Å². The fourth-order valence-electron chi connectivity index (χ4n) is 3.52. The number of benzene rings is 1. The zero-order valence-electron chi connectivity index (χ0n) is 16.4. The van der Waals surface area contributed by atoms with Gasteiger partial charge < -0.3 is 20.5 Å². The van der Waals surface area contributed by atoms with Gasteiger partial charge >= 0.3 is 5.97 Å². The molecule has 1 heterocycles. The van der Waals surface area contributed by atoms with Gasteiger partial charge in [0.1, 0.15) is 12.3 Å². The van der Waals surface area contributed by atoms with Crippen LogP contribution in [-0.4, -0.2) is 52.0 Å². The van der Waals surface area contributed by atoms with Crippen LogP contribution < -0.4 is 15.8 Å². The Morgan fingerprint density at radius 1 is 1.36 bits per heavy atom. The fraction of sp³-hybridized carbons (Fsp3) is 0.579. The summed E-state index contributed by atoms with van der Waals surface area (Å²) in [6, 6.07) is 8.05. The number of esters is 1. The first kappa shape index (κ1) is 20.2. The SMILES string of the molecule is CCOC(=O)Cn1nnnc1C(NC1CCC(N)CC1)c1cccc(OC)c1. The standard InChI is InChI=1S/C19H28N6O3/c1-3-28-17(26)12-25-19(22-23-24-25)18(13-5-4-6-16(11-13)27-2)21-15-9-7-14(20)8-10-15/h4-6,11,14-15,18,21H,3,7-10,12,20H2,1-2H3. The lowest BCUT2D eigenvalue weighted by Crippen LogP contribution is -2.40. The van der Waals surface area contributed by atoms with Crippen LogP contribution >= 0.6 is 0 Å². The summed E-state index contributed by atoms with van der Waals surface area (Å²) in [6.45, 7) is 2.05. The van der Waals surface area contributed by atoms with Crippen molar-refractivity contribution in [2.45, 2.75) is 57.3 Å². The van der Waals surface area contributed by atoms with Gasteiger partial charge in [-0.05, 0) is 60.7 Å². The highest BCUT2D eigenvalue weighted by molar-refractivity contribution is 5.69. The molecule has 3 rings (SSSR count). The van der Waals surface area contributed by atoms with Crippen LogP contribution in [0.2, 0.25) is 0 Å². The van der Waals surface area contributed by atoms with Crippen LogP contribution in [-0.2, 0) is 16.1 Å². The van der Waals surface area contributed by atoms with Crippen molar-refractivity contribution in [3.63, 3.8) is 0 Å². The summed E-state index contributed by atoms with van der Waals surface area (Å²) in [5, 5.41) is 15.7. The number of nitrogens with two attached hydrogens (primary N) is 1. The van der Waals surface area contributed by atoms with Crippen molar-refractivity contribution in [3.8, 4) is 5.75 Å². The van der Waals surface area contributed by atoms with Crippen LogP contribution in [0.25, 0.3) is 0 Å². The number of rotatable bonds is 8. The number of carbonyl (C=O) groups is 1. The number of nitrogens with one attached hydrogen (secondary N) is 1. The number of aromatic nitrogens is 4. The monoisotopic (exact) mass is 388 g/mol. The van der Waals surface area contributed by atoms with E-state index in [1.807, 2.05) is 24.3 Å². The van der Waals surface area contributed by atoms with Crippen molar-refractivity contribution in [3.05, 3.63) is 35.7 Å². The van der Waals surface area contributed by atoms with Crippen molar-refractivity contribution in [2.24, 2.45) is 5.73 Å². The predicted octanol–water partition coefficient (Wildman–Crippen LogP) is 1.19. The van der Waals surface area contributed by atoms with Crippen molar-refractivity contribution < 1.29 is 14.3 Å². The molecule has 1 unspecified atom stereocenters. The minimum atomic E-state index is -0.371. The first-order valence-electron chi connectivity index (χ1n) is 9.68. The summed E-state index contributed by atoms with van der Waals surface area (Å²) in [5.74, 6) is 0.944. The molecule has 0 amide bonds. The van der Waals surface area contributed by atoms with Gasteiger partial charge in [0.05, 0.1) is 19.8 Å². The Morgan fingerprint density at radius 3 is 2.86 bits per heavy atom. The molecule has 1 aliphatic rings. The Labute approximate surface area is 164 Å². The third kappa shape index (κ3) is 5.05. The second-order valence-corrected chi connectivity index (χ2v) is 6.99. The van der Waals surface area contributed by atoms with Crippen LogP contribution in [0.3, 0.4) is 0 Å². The molecule has 28 heavy (non-hydrogen) atoms. The highest BCUT2D eigenvalue weighted by Crippen LogP contribution is 2.27. The number of hydrogen-bond donors (Lipinski definition) is 2. The molecule has 0 saturated heterocycles. The van der Waals surface area contributed by atoms with E-state index in [9.17, 15) is 4.79 Å². The second-order valence-electron chi connectivity index (χ2n) is 6.99. The zero-order chi connectivity index (χ0) is 19.9. The van der Waals surface area contributed by atoms with Crippen LogP contribution in [0, 0.1) is 0 Å². The molecule has 0 aliphatic heterocycles. The summed E-state index contributed by atoms with van der Waals surface area (Å²) in [7, 11) is 1.63. The Bertz CT molecular complexity index is 773. The van der Waals surface area contributed by atoms with E-state index in [1.165, 1.54) is 4.68 Å². The molecule has 0 radical (unpaired) electrons. The Kier molecular flexibility index (Phi) is 6.94. The van der Waals surface area contributed by atoms with Gasteiger partial charge in [0.25, 0.3) is 0 Å². The third-order valence-corrected chi connectivity index (χ3v) is 5.00. The van der Waals surface area contributed by atoms with Crippen molar-refractivity contribution in [1.29, 1.82) is 0 Å². The van der Waals surface area contributed by atoms with Gasteiger partial charge in [0.2, 0.25) is 0 Å². The van der Waals surface area contributed by atoms with E-state index in [0.717, 1.165) is 37.0 Å². The number of hydrogen-bond acceptors (Lipinski definition) is 8. The molecule has 152 valence electrons. The summed E-state index contributed by atoms with van der Waals surface area (Å²) in [6.07, 6.45) is 3.94. The number of nitrogens with zero attached hydrogens (tertiary/aromatic N) is 4. The number of ether oxygens (including phenoxy) is 2. The van der Waals surface area contributed by atoms with E-state index < -0.39 is 0 Å². The van der Waals surface area contributed by atoms with Crippen molar-refractivity contribution in [2.75, 3.05) is 13.7 Å². The van der Waals surface area contributed by atoms with Gasteiger partial charge in [-0.25, -0.2) is 4.68 Å². The highest BCUT2D eigenvalue weighted by Gasteiger charge is 2.27. The molecule has 2 aromatic rings. The van der Waals surface area contributed by atoms with Crippen molar-refractivity contribution >= 4 is 5.97 Å². The molecular weight excluding hydrogens is 360 g/mol. The van der Waals surface area contributed by atoms with Crippen LogP contribution in [0.15, 0.2) is 24.3 Å². The van der Waals surface area contributed by atoms with Gasteiger partial charge in [0, 0.05) is 12.1 Å². The maximum atomic E-state index is 12.0. The van der Waals surface area contributed by atoms with Crippen LogP contribution in [0.1, 0.15) is 50.0 Å². The first-order valence-corrected chi connectivity index (χ1v) is 9.68. The van der Waals surface area contributed by atoms with Crippen LogP contribution in [0.5, 0.6) is 5.75 Å². The molecule has 1 aromatic carbocycles. The smallest absolute Gasteiger partial charge is 0.327 e. The summed E-state index contributed by atoms with van der Waals surface area (Å²) in [5.41, 5.74) is 7.01. The predicted molar refractivity (Wildman–Crippen MR) is 103 cm³/mol. The number of tetrazole rings is 1. The van der Waals surface area contributed by atoms with Gasteiger partial charge in [-0.15, -0.1) is 5.10 Å². The quantitative estimate of drug-likeness (QED) is 0.648. The fourth-order valence-corrected chi connectivity index (χ4v) is 3.52. The Hall–Kier alpha value is -2.52. The van der Waals surface area contributed by atoms with Gasteiger partial charge in [0.15, 0.2) is 5.82 Å². The topological polar surface area (TPSA) is 117 Å². The average molecular weight is 388 g/mol. The van der Waals surface area contributed by atoms with E-state index in [0.29, 0.717) is 18.5 Å². The van der Waals surface area contributed by atoms with Crippen LogP contribution in [0.4, 0.5) is 0 Å². The average Bonchev–Trinajstić information content (AvgIpc) is 3.15. The van der Waals surface area contributed by atoms with E-state index in [4.69, 9.17) is 15.2 Å². The van der Waals surface area contributed by atoms with E-state index in [1.54, 1.807) is 14.0 Å². The summed E-state index contributed by atoms with van der Waals surface area (Å²) in [4.78, 5) is 12.0. The molecule has 1 saturated carbocycles. The minimum absolute atomic E-state index is 0.0339. The van der Waals surface area contributed by atoms with E-state index in [-0.39, 0.29) is 24.6 Å². The maximum Gasteiger partial charge on any atom is 0.327 e. The van der Waals surface area contributed by atoms with Crippen molar-refractivity contribution in [1.82, 2.24) is 25.5 Å². The largest absolute Gasteiger partial charge is 0.497 e. The lowest BCUT2D eigenvalue weighted by atomic mass is 9.90. The minimum Gasteiger partial charge on any atom is -0.497 e. The molecule has 9 nitrogen and oxygen atoms in total. The van der Waals surface area contributed by atoms with Gasteiger partial charge in [-0.3, -0.25) is 4.79 Å². The first-order chi connectivity index (χ1) is 13.6. The van der Waals surface area contributed by atoms with Gasteiger partial charge in [-0.1, -0.05) is 12.1 Å². The lowest BCUT2D eigenvalue weighted by Gasteiger charge is -2.30. The molecule has 1 aliphatic carbocycles. The molecule has 0 spiro atoms. The lowest BCUT2D eigenvalue weighted by molar-refractivity contribution is -0.144. The molecule has 1 fully saturated rings. The molecule has 1 aromatic heterocycles. The molecule has 3 N–H and O–H groups in total. The second kappa shape index (κ2) is 9.61. The molecule has 9 heteroatoms. The molecule has 0 bridgehead atoms. The Balaban J connectivity index is 1.88. The molecule has 1 atom stereocenters. The number of carbonyl (C=O) groups excluding carboxylic acids is 1. The molecular formula is C19H28N6O3. The zero-order valence-corrected chi connectivity index (χ0v) is 16.4.